The van der Waals surface area contributed by atoms with E-state index < -0.39 is 5.91 Å². The summed E-state index contributed by atoms with van der Waals surface area (Å²) in [4.78, 5) is 33.4. The molecule has 2 aliphatic heterocycles. The second kappa shape index (κ2) is 7.07. The maximum atomic E-state index is 11.9. The topological polar surface area (TPSA) is 84.8 Å². The van der Waals surface area contributed by atoms with E-state index in [1.807, 2.05) is 11.8 Å². The Labute approximate surface area is 155 Å². The predicted molar refractivity (Wildman–Crippen MR) is 97.6 cm³/mol. The number of carbonyl (C=O) groups excluding carboxylic acids is 1. The van der Waals surface area contributed by atoms with Gasteiger partial charge in [0.2, 0.25) is 0 Å². The maximum Gasteiger partial charge on any atom is 0.338 e. The summed E-state index contributed by atoms with van der Waals surface area (Å²) in [6.45, 7) is 9.48. The number of carbonyl (C=O) groups is 1. The van der Waals surface area contributed by atoms with Gasteiger partial charge in [-0.3, -0.25) is 4.79 Å². The Kier molecular flexibility index (Phi) is 5.20. The van der Waals surface area contributed by atoms with Gasteiger partial charge >= 0.3 is 5.91 Å². The highest BCUT2D eigenvalue weighted by molar-refractivity contribution is 9.10. The fourth-order valence-corrected chi connectivity index (χ4v) is 4.41. The molecule has 0 radical (unpaired) electrons. The Morgan fingerprint density at radius 2 is 2.04 bits per heavy atom. The monoisotopic (exact) mass is 410 g/mol. The van der Waals surface area contributed by atoms with Crippen molar-refractivity contribution in [3.05, 3.63) is 20.9 Å². The van der Waals surface area contributed by atoms with Crippen molar-refractivity contribution in [2.45, 2.75) is 33.6 Å². The minimum Gasteiger partial charge on any atom is -0.381 e. The van der Waals surface area contributed by atoms with E-state index in [0.29, 0.717) is 28.0 Å². The molecule has 1 atom stereocenters. The summed E-state index contributed by atoms with van der Waals surface area (Å²) in [5, 5.41) is 2.53. The van der Waals surface area contributed by atoms with Crippen molar-refractivity contribution in [3.63, 3.8) is 0 Å². The summed E-state index contributed by atoms with van der Waals surface area (Å²) in [6, 6.07) is 0. The molecule has 2 saturated heterocycles. The van der Waals surface area contributed by atoms with Gasteiger partial charge in [-0.15, -0.1) is 4.91 Å². The zero-order chi connectivity index (χ0) is 18.2. The normalized spacial score (nSPS) is 22.6. The van der Waals surface area contributed by atoms with Crippen LogP contribution in [0, 0.1) is 29.1 Å². The molecular weight excluding hydrogens is 388 g/mol. The lowest BCUT2D eigenvalue weighted by Gasteiger charge is -2.43. The summed E-state index contributed by atoms with van der Waals surface area (Å²) >= 11 is 3.27. The number of aryl methyl sites for hydroxylation is 1. The molecule has 1 aromatic heterocycles. The molecule has 0 saturated carbocycles. The minimum absolute atomic E-state index is 0.0199. The zero-order valence-corrected chi connectivity index (χ0v) is 16.4. The summed E-state index contributed by atoms with van der Waals surface area (Å²) in [6.07, 6.45) is 1.96. The summed E-state index contributed by atoms with van der Waals surface area (Å²) in [5.74, 6) is 0.721. The van der Waals surface area contributed by atoms with E-state index in [2.05, 4.69) is 44.9 Å². The number of aromatic nitrogens is 2. The van der Waals surface area contributed by atoms with Crippen LogP contribution in [0.25, 0.3) is 0 Å². The number of rotatable bonds is 3. The fourth-order valence-electron chi connectivity index (χ4n) is 4.15. The third-order valence-electron chi connectivity index (χ3n) is 5.62. The average molecular weight is 411 g/mol. The Morgan fingerprint density at radius 3 is 2.64 bits per heavy atom. The third kappa shape index (κ3) is 3.33. The van der Waals surface area contributed by atoms with Gasteiger partial charge in [0.25, 0.3) is 0 Å². The molecule has 3 heterocycles. The first kappa shape index (κ1) is 18.4. The van der Waals surface area contributed by atoms with Crippen LogP contribution in [-0.4, -0.2) is 42.2 Å². The first-order valence-electron chi connectivity index (χ1n) is 8.62. The molecule has 1 spiro atoms. The van der Waals surface area contributed by atoms with Crippen molar-refractivity contribution in [2.24, 2.45) is 22.4 Å². The van der Waals surface area contributed by atoms with Crippen LogP contribution in [0.3, 0.4) is 0 Å². The number of ether oxygens (including phenoxy) is 1. The molecule has 2 aliphatic rings. The molecular formula is C17H23BrN4O3. The molecule has 25 heavy (non-hydrogen) atoms. The predicted octanol–water partition coefficient (Wildman–Crippen LogP) is 3.34. The molecule has 3 rings (SSSR count). The molecule has 0 aromatic carbocycles. The van der Waals surface area contributed by atoms with Gasteiger partial charge in [-0.2, -0.15) is 0 Å². The third-order valence-corrected chi connectivity index (χ3v) is 6.37. The van der Waals surface area contributed by atoms with E-state index in [-0.39, 0.29) is 11.1 Å². The van der Waals surface area contributed by atoms with Crippen LogP contribution < -0.4 is 4.90 Å². The van der Waals surface area contributed by atoms with E-state index in [9.17, 15) is 9.70 Å². The van der Waals surface area contributed by atoms with E-state index in [1.165, 1.54) is 0 Å². The molecule has 0 bridgehead atoms. The van der Waals surface area contributed by atoms with Crippen LogP contribution in [0.2, 0.25) is 0 Å². The highest BCUT2D eigenvalue weighted by Crippen LogP contribution is 2.47. The average Bonchev–Trinajstić information content (AvgIpc) is 3.00. The Hall–Kier alpha value is -1.41. The van der Waals surface area contributed by atoms with Gasteiger partial charge in [-0.25, -0.2) is 9.97 Å². The van der Waals surface area contributed by atoms with Crippen LogP contribution in [-0.2, 0) is 4.74 Å². The van der Waals surface area contributed by atoms with Crippen LogP contribution in [0.1, 0.15) is 42.9 Å². The van der Waals surface area contributed by atoms with Crippen LogP contribution >= 0.6 is 15.9 Å². The van der Waals surface area contributed by atoms with Crippen molar-refractivity contribution in [2.75, 3.05) is 31.2 Å². The zero-order valence-electron chi connectivity index (χ0n) is 14.8. The SMILES string of the molecule is Cc1nc(N2CCC3(CC2)COCC3C(C)C)c(C(=O)N=O)nc1Br. The van der Waals surface area contributed by atoms with Crippen molar-refractivity contribution in [3.8, 4) is 0 Å². The van der Waals surface area contributed by atoms with Gasteiger partial charge < -0.3 is 9.64 Å². The molecule has 136 valence electrons. The van der Waals surface area contributed by atoms with Crippen molar-refractivity contribution in [1.82, 2.24) is 9.97 Å². The smallest absolute Gasteiger partial charge is 0.338 e. The summed E-state index contributed by atoms with van der Waals surface area (Å²) in [7, 11) is 0. The van der Waals surface area contributed by atoms with Crippen molar-refractivity contribution < 1.29 is 9.53 Å². The molecule has 1 unspecified atom stereocenters. The lowest BCUT2D eigenvalue weighted by atomic mass is 9.67. The van der Waals surface area contributed by atoms with Crippen LogP contribution in [0.5, 0.6) is 0 Å². The van der Waals surface area contributed by atoms with E-state index in [0.717, 1.165) is 39.1 Å². The highest BCUT2D eigenvalue weighted by Gasteiger charge is 2.47. The molecule has 1 aromatic rings. The number of piperidine rings is 1. The molecule has 8 heteroatoms. The Morgan fingerprint density at radius 1 is 1.36 bits per heavy atom. The lowest BCUT2D eigenvalue weighted by Crippen LogP contribution is -2.45. The fraction of sp³-hybridized carbons (Fsp3) is 0.706. The van der Waals surface area contributed by atoms with Crippen molar-refractivity contribution in [1.29, 1.82) is 0 Å². The van der Waals surface area contributed by atoms with Gasteiger partial charge in [0.1, 0.15) is 4.60 Å². The number of nitroso groups, excluding NO2 is 1. The van der Waals surface area contributed by atoms with E-state index in [1.54, 1.807) is 0 Å². The number of hydrogen-bond donors (Lipinski definition) is 0. The van der Waals surface area contributed by atoms with E-state index in [4.69, 9.17) is 4.74 Å². The van der Waals surface area contributed by atoms with Gasteiger partial charge in [0.05, 0.1) is 18.9 Å². The maximum absolute atomic E-state index is 11.9. The summed E-state index contributed by atoms with van der Waals surface area (Å²) < 4.78 is 6.26. The number of hydrogen-bond acceptors (Lipinski definition) is 6. The number of halogens is 1. The van der Waals surface area contributed by atoms with Crippen LogP contribution in [0.15, 0.2) is 9.78 Å². The Bertz CT molecular complexity index is 687. The van der Waals surface area contributed by atoms with Gasteiger partial charge in [-0.05, 0) is 47.5 Å². The lowest BCUT2D eigenvalue weighted by molar-refractivity contribution is 0.0994. The molecule has 0 N–H and O–H groups in total. The molecule has 1 amide bonds. The largest absolute Gasteiger partial charge is 0.381 e. The highest BCUT2D eigenvalue weighted by atomic mass is 79.9. The Balaban J connectivity index is 1.85. The molecule has 0 aliphatic carbocycles. The summed E-state index contributed by atoms with van der Waals surface area (Å²) in [5.41, 5.74) is 0.906. The quantitative estimate of drug-likeness (QED) is 0.710. The second-order valence-corrected chi connectivity index (χ2v) is 8.13. The standard InChI is InChI=1S/C17H23BrN4O3/c1-10(2)12-8-25-9-17(12)4-6-22(7-5-17)15-13(16(23)21-24)20-14(18)11(3)19-15/h10,12H,4-9H2,1-3H3. The number of nitrogens with zero attached hydrogens (tertiary/aromatic N) is 4. The molecule has 7 nitrogen and oxygen atoms in total. The van der Waals surface area contributed by atoms with Gasteiger partial charge in [0.15, 0.2) is 11.5 Å². The first-order valence-corrected chi connectivity index (χ1v) is 9.42. The number of amides is 1. The van der Waals surface area contributed by atoms with Gasteiger partial charge in [-0.1, -0.05) is 13.8 Å². The van der Waals surface area contributed by atoms with Crippen LogP contribution in [0.4, 0.5) is 5.82 Å². The number of anilines is 1. The minimum atomic E-state index is -0.882. The van der Waals surface area contributed by atoms with E-state index >= 15 is 0 Å². The second-order valence-electron chi connectivity index (χ2n) is 7.38. The van der Waals surface area contributed by atoms with Crippen molar-refractivity contribution >= 4 is 27.7 Å². The molecule has 2 fully saturated rings. The first-order chi connectivity index (χ1) is 11.9. The van der Waals surface area contributed by atoms with Gasteiger partial charge in [0, 0.05) is 23.7 Å².